The largest absolute Gasteiger partial charge is 0.490 e. The molecule has 0 radical (unpaired) electrons. The van der Waals surface area contributed by atoms with Crippen molar-refractivity contribution in [3.63, 3.8) is 0 Å². The number of rotatable bonds is 4. The summed E-state index contributed by atoms with van der Waals surface area (Å²) in [7, 11) is 0. The molecule has 3 heterocycles. The summed E-state index contributed by atoms with van der Waals surface area (Å²) in [4.78, 5) is 6.99. The maximum absolute atomic E-state index is 5.87. The van der Waals surface area contributed by atoms with Crippen molar-refractivity contribution in [3.05, 3.63) is 60.0 Å². The molecule has 0 amide bonds. The van der Waals surface area contributed by atoms with Gasteiger partial charge in [-0.1, -0.05) is 41.6 Å². The molecule has 0 aliphatic carbocycles. The van der Waals surface area contributed by atoms with E-state index < -0.39 is 0 Å². The van der Waals surface area contributed by atoms with Crippen LogP contribution < -0.4 is 9.47 Å². The maximum Gasteiger partial charge on any atom is 0.241 e. The van der Waals surface area contributed by atoms with Gasteiger partial charge < -0.3 is 14.0 Å². The highest BCUT2D eigenvalue weighted by molar-refractivity contribution is 5.53. The molecule has 2 aliphatic heterocycles. The molecule has 2 aliphatic rings. The molecule has 1 saturated heterocycles. The van der Waals surface area contributed by atoms with Crippen LogP contribution in [0.2, 0.25) is 0 Å². The van der Waals surface area contributed by atoms with Crippen molar-refractivity contribution < 1.29 is 14.0 Å². The van der Waals surface area contributed by atoms with Crippen LogP contribution in [0.1, 0.15) is 36.8 Å². The summed E-state index contributed by atoms with van der Waals surface area (Å²) in [6.07, 6.45) is 3.18. The number of nitrogens with zero attached hydrogens (tertiary/aromatic N) is 3. The van der Waals surface area contributed by atoms with Gasteiger partial charge in [0.2, 0.25) is 11.7 Å². The second-order valence-corrected chi connectivity index (χ2v) is 7.26. The first kappa shape index (κ1) is 17.3. The molecule has 5 rings (SSSR count). The molecule has 2 aromatic carbocycles. The predicted molar refractivity (Wildman–Crippen MR) is 104 cm³/mol. The van der Waals surface area contributed by atoms with Crippen LogP contribution >= 0.6 is 0 Å². The standard InChI is InChI=1S/C22H23N3O3/c1-2-6-16(7-3-1)22-23-21(28-24-22)15-25-11-4-8-18(25)17-9-10-19-20(14-17)27-13-5-12-26-19/h1-3,6-7,9-10,14,18H,4-5,8,11-13,15H2/t18-/m1/s1. The number of aromatic nitrogens is 2. The lowest BCUT2D eigenvalue weighted by atomic mass is 10.0. The third-order valence-corrected chi connectivity index (χ3v) is 5.36. The van der Waals surface area contributed by atoms with E-state index in [1.807, 2.05) is 36.4 Å². The Hall–Kier alpha value is -2.86. The summed E-state index contributed by atoms with van der Waals surface area (Å²) in [5.41, 5.74) is 2.22. The van der Waals surface area contributed by atoms with E-state index in [0.717, 1.165) is 42.9 Å². The van der Waals surface area contributed by atoms with Gasteiger partial charge >= 0.3 is 0 Å². The molecule has 144 valence electrons. The van der Waals surface area contributed by atoms with Crippen molar-refractivity contribution in [1.29, 1.82) is 0 Å². The van der Waals surface area contributed by atoms with Crippen LogP contribution in [0.4, 0.5) is 0 Å². The molecule has 6 heteroatoms. The van der Waals surface area contributed by atoms with Gasteiger partial charge in [0.05, 0.1) is 19.8 Å². The Morgan fingerprint density at radius 1 is 0.964 bits per heavy atom. The smallest absolute Gasteiger partial charge is 0.241 e. The van der Waals surface area contributed by atoms with Crippen molar-refractivity contribution in [2.75, 3.05) is 19.8 Å². The molecule has 0 saturated carbocycles. The molecule has 1 aromatic heterocycles. The first-order valence-electron chi connectivity index (χ1n) is 9.88. The molecule has 0 spiro atoms. The van der Waals surface area contributed by atoms with Crippen LogP contribution in [0.15, 0.2) is 53.1 Å². The Labute approximate surface area is 164 Å². The minimum absolute atomic E-state index is 0.323. The quantitative estimate of drug-likeness (QED) is 0.678. The van der Waals surface area contributed by atoms with Gasteiger partial charge in [-0.05, 0) is 37.1 Å². The van der Waals surface area contributed by atoms with E-state index in [-0.39, 0.29) is 0 Å². The number of fused-ring (bicyclic) bond motifs is 1. The molecule has 0 bridgehead atoms. The Bertz CT molecular complexity index is 941. The Morgan fingerprint density at radius 2 is 1.82 bits per heavy atom. The Balaban J connectivity index is 1.34. The second kappa shape index (κ2) is 7.64. The third kappa shape index (κ3) is 3.47. The first-order valence-corrected chi connectivity index (χ1v) is 9.88. The van der Waals surface area contributed by atoms with E-state index in [4.69, 9.17) is 14.0 Å². The summed E-state index contributed by atoms with van der Waals surface area (Å²) in [5.74, 6) is 2.99. The van der Waals surface area contributed by atoms with E-state index in [1.165, 1.54) is 5.56 Å². The fourth-order valence-corrected chi connectivity index (χ4v) is 3.98. The average molecular weight is 377 g/mol. The van der Waals surface area contributed by atoms with E-state index >= 15 is 0 Å². The highest BCUT2D eigenvalue weighted by atomic mass is 16.5. The summed E-state index contributed by atoms with van der Waals surface area (Å²) < 4.78 is 17.2. The van der Waals surface area contributed by atoms with E-state index in [2.05, 4.69) is 27.2 Å². The molecule has 28 heavy (non-hydrogen) atoms. The lowest BCUT2D eigenvalue weighted by Gasteiger charge is -2.23. The van der Waals surface area contributed by atoms with Crippen LogP contribution in [-0.4, -0.2) is 34.8 Å². The van der Waals surface area contributed by atoms with Crippen molar-refractivity contribution in [1.82, 2.24) is 15.0 Å². The number of hydrogen-bond donors (Lipinski definition) is 0. The molecular weight excluding hydrogens is 354 g/mol. The number of ether oxygens (including phenoxy) is 2. The Morgan fingerprint density at radius 3 is 2.71 bits per heavy atom. The fourth-order valence-electron chi connectivity index (χ4n) is 3.98. The highest BCUT2D eigenvalue weighted by Crippen LogP contribution is 2.38. The SMILES string of the molecule is c1ccc(-c2noc(CN3CCC[C@@H]3c3ccc4c(c3)OCCCO4)n2)cc1. The highest BCUT2D eigenvalue weighted by Gasteiger charge is 2.28. The topological polar surface area (TPSA) is 60.6 Å². The van der Waals surface area contributed by atoms with Gasteiger partial charge in [0.25, 0.3) is 0 Å². The molecular formula is C22H23N3O3. The van der Waals surface area contributed by atoms with Crippen molar-refractivity contribution in [2.24, 2.45) is 0 Å². The van der Waals surface area contributed by atoms with Crippen molar-refractivity contribution in [2.45, 2.75) is 31.8 Å². The zero-order chi connectivity index (χ0) is 18.8. The zero-order valence-electron chi connectivity index (χ0n) is 15.7. The van der Waals surface area contributed by atoms with Gasteiger partial charge in [0, 0.05) is 18.0 Å². The lowest BCUT2D eigenvalue weighted by Crippen LogP contribution is -2.23. The normalized spacial score (nSPS) is 19.5. The van der Waals surface area contributed by atoms with Crippen molar-refractivity contribution in [3.8, 4) is 22.9 Å². The summed E-state index contributed by atoms with van der Waals surface area (Å²) in [6.45, 7) is 3.08. The monoisotopic (exact) mass is 377 g/mol. The number of hydrogen-bond acceptors (Lipinski definition) is 6. The first-order chi connectivity index (χ1) is 13.9. The predicted octanol–water partition coefficient (Wildman–Crippen LogP) is 4.24. The average Bonchev–Trinajstić information content (AvgIpc) is 3.33. The Kier molecular flexibility index (Phi) is 4.71. The lowest BCUT2D eigenvalue weighted by molar-refractivity contribution is 0.212. The molecule has 3 aromatic rings. The number of benzene rings is 2. The number of likely N-dealkylation sites (tertiary alicyclic amines) is 1. The fraction of sp³-hybridized carbons (Fsp3) is 0.364. The minimum atomic E-state index is 0.323. The molecule has 1 atom stereocenters. The van der Waals surface area contributed by atoms with Gasteiger partial charge in [0.1, 0.15) is 0 Å². The molecule has 0 N–H and O–H groups in total. The summed E-state index contributed by atoms with van der Waals surface area (Å²) in [5, 5.41) is 4.15. The van der Waals surface area contributed by atoms with Crippen LogP contribution in [0.3, 0.4) is 0 Å². The van der Waals surface area contributed by atoms with Gasteiger partial charge in [-0.2, -0.15) is 4.98 Å². The van der Waals surface area contributed by atoms with Crippen molar-refractivity contribution >= 4 is 0 Å². The van der Waals surface area contributed by atoms with Gasteiger partial charge in [-0.3, -0.25) is 4.90 Å². The van der Waals surface area contributed by atoms with Gasteiger partial charge in [-0.25, -0.2) is 0 Å². The van der Waals surface area contributed by atoms with Crippen LogP contribution in [0.5, 0.6) is 11.5 Å². The van der Waals surface area contributed by atoms with Gasteiger partial charge in [0.15, 0.2) is 11.5 Å². The molecule has 1 fully saturated rings. The second-order valence-electron chi connectivity index (χ2n) is 7.26. The minimum Gasteiger partial charge on any atom is -0.490 e. The van der Waals surface area contributed by atoms with Crippen LogP contribution in [0, 0.1) is 0 Å². The zero-order valence-corrected chi connectivity index (χ0v) is 15.7. The van der Waals surface area contributed by atoms with E-state index in [1.54, 1.807) is 0 Å². The van der Waals surface area contributed by atoms with E-state index in [0.29, 0.717) is 37.5 Å². The van der Waals surface area contributed by atoms with Gasteiger partial charge in [-0.15, -0.1) is 0 Å². The summed E-state index contributed by atoms with van der Waals surface area (Å²) in [6, 6.07) is 16.6. The summed E-state index contributed by atoms with van der Waals surface area (Å²) >= 11 is 0. The molecule has 0 unspecified atom stereocenters. The third-order valence-electron chi connectivity index (χ3n) is 5.36. The van der Waals surface area contributed by atoms with Crippen LogP contribution in [-0.2, 0) is 6.54 Å². The maximum atomic E-state index is 5.87. The van der Waals surface area contributed by atoms with E-state index in [9.17, 15) is 0 Å². The molecule has 6 nitrogen and oxygen atoms in total. The van der Waals surface area contributed by atoms with Crippen LogP contribution in [0.25, 0.3) is 11.4 Å².